The Kier molecular flexibility index (Phi) is 6.19. The number of fused-ring (bicyclic) bond motifs is 1. The minimum absolute atomic E-state index is 0.0755. The zero-order valence-electron chi connectivity index (χ0n) is 18.5. The van der Waals surface area contributed by atoms with Crippen molar-refractivity contribution < 1.29 is 14.6 Å². The second-order valence-corrected chi connectivity index (χ2v) is 8.15. The third kappa shape index (κ3) is 4.67. The number of hydrogen-bond acceptors (Lipinski definition) is 7. The number of benzene rings is 2. The third-order valence-electron chi connectivity index (χ3n) is 5.78. The van der Waals surface area contributed by atoms with Crippen LogP contribution in [-0.2, 0) is 4.74 Å². The van der Waals surface area contributed by atoms with Gasteiger partial charge >= 0.3 is 0 Å². The molecule has 0 aliphatic carbocycles. The van der Waals surface area contributed by atoms with Crippen LogP contribution in [0.25, 0.3) is 33.8 Å². The Morgan fingerprint density at radius 2 is 2.00 bits per heavy atom. The number of nitrogens with one attached hydrogen (secondary N) is 2. The van der Waals surface area contributed by atoms with Gasteiger partial charge in [0, 0.05) is 36.2 Å². The molecule has 0 amide bonds. The molecule has 8 nitrogen and oxygen atoms in total. The van der Waals surface area contributed by atoms with E-state index in [0.29, 0.717) is 12.2 Å². The summed E-state index contributed by atoms with van der Waals surface area (Å²) in [5, 5.41) is 12.2. The molecule has 0 unspecified atom stereocenters. The first kappa shape index (κ1) is 21.4. The van der Waals surface area contributed by atoms with Crippen LogP contribution in [0.15, 0.2) is 48.8 Å². The summed E-state index contributed by atoms with van der Waals surface area (Å²) in [6.07, 6.45) is 3.58. The van der Waals surface area contributed by atoms with Crippen LogP contribution in [-0.4, -0.2) is 57.5 Å². The van der Waals surface area contributed by atoms with E-state index >= 15 is 0 Å². The van der Waals surface area contributed by atoms with Gasteiger partial charge in [0.25, 0.3) is 0 Å². The van der Waals surface area contributed by atoms with E-state index in [0.717, 1.165) is 71.2 Å². The standard InChI is InChI=1S/C25H27N5O3/c1-16-13-17(5-6-21(16)33-20-7-11-32-12-8-20)22-23-25(28-15-27-22)30-24(29-23)18-3-2-4-19(14-18)26-9-10-31/h2-6,13-15,20,26,31H,7-12H2,1H3,(H,27,28,29,30). The van der Waals surface area contributed by atoms with Crippen molar-refractivity contribution in [1.82, 2.24) is 19.9 Å². The van der Waals surface area contributed by atoms with Crippen molar-refractivity contribution in [1.29, 1.82) is 0 Å². The van der Waals surface area contributed by atoms with Gasteiger partial charge in [0.1, 0.15) is 29.5 Å². The Bertz CT molecular complexity index is 1250. The lowest BCUT2D eigenvalue weighted by molar-refractivity contribution is 0.0253. The van der Waals surface area contributed by atoms with Crippen molar-refractivity contribution in [3.05, 3.63) is 54.4 Å². The molecule has 1 aliphatic heterocycles. The highest BCUT2D eigenvalue weighted by atomic mass is 16.5. The van der Waals surface area contributed by atoms with Gasteiger partial charge in [-0.3, -0.25) is 0 Å². The fourth-order valence-electron chi connectivity index (χ4n) is 4.06. The summed E-state index contributed by atoms with van der Waals surface area (Å²) in [7, 11) is 0. The lowest BCUT2D eigenvalue weighted by Crippen LogP contribution is -2.26. The number of hydrogen-bond donors (Lipinski definition) is 3. The molecule has 5 rings (SSSR count). The average molecular weight is 446 g/mol. The van der Waals surface area contributed by atoms with Gasteiger partial charge in [-0.05, 0) is 42.8 Å². The molecular weight excluding hydrogens is 418 g/mol. The van der Waals surface area contributed by atoms with E-state index in [1.54, 1.807) is 6.33 Å². The Morgan fingerprint density at radius 3 is 2.82 bits per heavy atom. The largest absolute Gasteiger partial charge is 0.490 e. The zero-order chi connectivity index (χ0) is 22.6. The van der Waals surface area contributed by atoms with Gasteiger partial charge in [-0.25, -0.2) is 15.0 Å². The molecule has 0 bridgehead atoms. The molecule has 33 heavy (non-hydrogen) atoms. The van der Waals surface area contributed by atoms with Crippen LogP contribution in [0.1, 0.15) is 18.4 Å². The van der Waals surface area contributed by atoms with E-state index in [9.17, 15) is 0 Å². The minimum atomic E-state index is 0.0755. The maximum absolute atomic E-state index is 9.06. The number of nitrogens with zero attached hydrogens (tertiary/aromatic N) is 3. The van der Waals surface area contributed by atoms with Crippen molar-refractivity contribution in [3.63, 3.8) is 0 Å². The summed E-state index contributed by atoms with van der Waals surface area (Å²) >= 11 is 0. The van der Waals surface area contributed by atoms with Crippen LogP contribution in [0, 0.1) is 6.92 Å². The number of anilines is 1. The van der Waals surface area contributed by atoms with Gasteiger partial charge in [0.15, 0.2) is 5.65 Å². The van der Waals surface area contributed by atoms with Crippen molar-refractivity contribution in [2.45, 2.75) is 25.9 Å². The smallest absolute Gasteiger partial charge is 0.181 e. The van der Waals surface area contributed by atoms with E-state index in [1.165, 1.54) is 0 Å². The highest BCUT2D eigenvalue weighted by Gasteiger charge is 2.18. The Labute approximate surface area is 192 Å². The van der Waals surface area contributed by atoms with Crippen LogP contribution in [0.3, 0.4) is 0 Å². The molecule has 1 saturated heterocycles. The summed E-state index contributed by atoms with van der Waals surface area (Å²) < 4.78 is 11.6. The summed E-state index contributed by atoms with van der Waals surface area (Å²) in [4.78, 5) is 17.0. The maximum Gasteiger partial charge on any atom is 0.181 e. The minimum Gasteiger partial charge on any atom is -0.490 e. The molecular formula is C25H27N5O3. The predicted molar refractivity (Wildman–Crippen MR) is 127 cm³/mol. The van der Waals surface area contributed by atoms with E-state index in [1.807, 2.05) is 36.4 Å². The number of ether oxygens (including phenoxy) is 2. The van der Waals surface area contributed by atoms with Crippen molar-refractivity contribution >= 4 is 16.9 Å². The van der Waals surface area contributed by atoms with Gasteiger partial charge in [-0.15, -0.1) is 0 Å². The number of aromatic amines is 1. The first-order valence-electron chi connectivity index (χ1n) is 11.2. The molecule has 2 aromatic carbocycles. The third-order valence-corrected chi connectivity index (χ3v) is 5.78. The van der Waals surface area contributed by atoms with Gasteiger partial charge in [-0.1, -0.05) is 12.1 Å². The lowest BCUT2D eigenvalue weighted by atomic mass is 10.1. The summed E-state index contributed by atoms with van der Waals surface area (Å²) in [6.45, 7) is 4.13. The van der Waals surface area contributed by atoms with Crippen LogP contribution in [0.4, 0.5) is 5.69 Å². The van der Waals surface area contributed by atoms with Crippen molar-refractivity contribution in [2.24, 2.45) is 0 Å². The molecule has 0 saturated carbocycles. The molecule has 0 radical (unpaired) electrons. The van der Waals surface area contributed by atoms with Crippen LogP contribution >= 0.6 is 0 Å². The number of imidazole rings is 1. The van der Waals surface area contributed by atoms with Gasteiger partial charge in [0.2, 0.25) is 0 Å². The summed E-state index contributed by atoms with van der Waals surface area (Å²) in [6, 6.07) is 14.0. The lowest BCUT2D eigenvalue weighted by Gasteiger charge is -2.24. The molecule has 4 aromatic rings. The average Bonchev–Trinajstić information content (AvgIpc) is 3.29. The Hall–Kier alpha value is -3.49. The molecule has 8 heteroatoms. The number of aryl methyl sites for hydroxylation is 1. The molecule has 1 aliphatic rings. The van der Waals surface area contributed by atoms with E-state index in [2.05, 4.69) is 38.2 Å². The number of aromatic nitrogens is 4. The first-order valence-corrected chi connectivity index (χ1v) is 11.2. The number of aliphatic hydroxyl groups excluding tert-OH is 1. The van der Waals surface area contributed by atoms with E-state index in [4.69, 9.17) is 14.6 Å². The number of aliphatic hydroxyl groups is 1. The zero-order valence-corrected chi connectivity index (χ0v) is 18.5. The quantitative estimate of drug-likeness (QED) is 0.395. The monoisotopic (exact) mass is 445 g/mol. The highest BCUT2D eigenvalue weighted by Crippen LogP contribution is 2.31. The molecule has 3 heterocycles. The van der Waals surface area contributed by atoms with Crippen LogP contribution < -0.4 is 10.1 Å². The molecule has 1 fully saturated rings. The van der Waals surface area contributed by atoms with Crippen molar-refractivity contribution in [2.75, 3.05) is 31.7 Å². The van der Waals surface area contributed by atoms with Gasteiger partial charge < -0.3 is 24.9 Å². The van der Waals surface area contributed by atoms with Crippen molar-refractivity contribution in [3.8, 4) is 28.4 Å². The highest BCUT2D eigenvalue weighted by molar-refractivity contribution is 5.89. The summed E-state index contributed by atoms with van der Waals surface area (Å²) in [5.74, 6) is 1.61. The molecule has 0 spiro atoms. The fraction of sp³-hybridized carbons (Fsp3) is 0.320. The number of H-pyrrole nitrogens is 1. The Balaban J connectivity index is 1.44. The van der Waals surface area contributed by atoms with Gasteiger partial charge in [-0.2, -0.15) is 0 Å². The summed E-state index contributed by atoms with van der Waals surface area (Å²) in [5.41, 5.74) is 6.10. The van der Waals surface area contributed by atoms with Gasteiger partial charge in [0.05, 0.1) is 25.5 Å². The normalized spacial score (nSPS) is 14.5. The van der Waals surface area contributed by atoms with E-state index < -0.39 is 0 Å². The second kappa shape index (κ2) is 9.56. The molecule has 3 N–H and O–H groups in total. The van der Waals surface area contributed by atoms with Crippen LogP contribution in [0.5, 0.6) is 5.75 Å². The second-order valence-electron chi connectivity index (χ2n) is 8.15. The first-order chi connectivity index (χ1) is 16.2. The SMILES string of the molecule is Cc1cc(-c2ncnc3nc(-c4cccc(NCCO)c4)[nH]c23)ccc1OC1CCOCC1. The van der Waals surface area contributed by atoms with Crippen LogP contribution in [0.2, 0.25) is 0 Å². The molecule has 0 atom stereocenters. The molecule has 2 aromatic heterocycles. The van der Waals surface area contributed by atoms with E-state index in [-0.39, 0.29) is 12.7 Å². The fourth-order valence-corrected chi connectivity index (χ4v) is 4.06. The topological polar surface area (TPSA) is 105 Å². The number of rotatable bonds is 7. The predicted octanol–water partition coefficient (Wildman–Crippen LogP) is 3.96. The molecule has 170 valence electrons. The Morgan fingerprint density at radius 1 is 1.12 bits per heavy atom. The maximum atomic E-state index is 9.06.